The summed E-state index contributed by atoms with van der Waals surface area (Å²) < 4.78 is 0. The number of amides is 2. The molecule has 0 saturated heterocycles. The molecule has 0 bridgehead atoms. The van der Waals surface area contributed by atoms with Gasteiger partial charge in [0.05, 0.1) is 23.0 Å². The standard InChI is InChI=1S/C18H14N4O/c19-12-13-5-3-8-15(11-13)21-22-18(23)20-17-10-4-7-14-6-1-2-9-16(14)17/h1-11,21H,(H2,20,22,23). The Morgan fingerprint density at radius 3 is 2.61 bits per heavy atom. The second kappa shape index (κ2) is 6.50. The lowest BCUT2D eigenvalue weighted by molar-refractivity contribution is 0.254. The molecular weight excluding hydrogens is 288 g/mol. The number of hydrogen-bond donors (Lipinski definition) is 3. The van der Waals surface area contributed by atoms with Crippen molar-refractivity contribution >= 4 is 28.2 Å². The first-order chi connectivity index (χ1) is 11.3. The summed E-state index contributed by atoms with van der Waals surface area (Å²) in [4.78, 5) is 12.0. The van der Waals surface area contributed by atoms with Crippen molar-refractivity contribution in [1.29, 1.82) is 5.26 Å². The number of anilines is 2. The number of fused-ring (bicyclic) bond motifs is 1. The third kappa shape index (κ3) is 3.39. The van der Waals surface area contributed by atoms with E-state index in [-0.39, 0.29) is 6.03 Å². The van der Waals surface area contributed by atoms with E-state index in [0.29, 0.717) is 11.3 Å². The largest absolute Gasteiger partial charge is 0.337 e. The molecule has 0 radical (unpaired) electrons. The highest BCUT2D eigenvalue weighted by Crippen LogP contribution is 2.22. The van der Waals surface area contributed by atoms with E-state index in [0.717, 1.165) is 16.5 Å². The molecule has 3 rings (SSSR count). The fourth-order valence-corrected chi connectivity index (χ4v) is 2.28. The van der Waals surface area contributed by atoms with E-state index in [4.69, 9.17) is 5.26 Å². The molecule has 5 heteroatoms. The Balaban J connectivity index is 1.68. The predicted molar refractivity (Wildman–Crippen MR) is 90.9 cm³/mol. The summed E-state index contributed by atoms with van der Waals surface area (Å²) >= 11 is 0. The van der Waals surface area contributed by atoms with Gasteiger partial charge in [0, 0.05) is 5.39 Å². The van der Waals surface area contributed by atoms with Crippen molar-refractivity contribution in [1.82, 2.24) is 5.43 Å². The summed E-state index contributed by atoms with van der Waals surface area (Å²) in [6.07, 6.45) is 0. The Bertz CT molecular complexity index is 893. The van der Waals surface area contributed by atoms with Gasteiger partial charge in [0.15, 0.2) is 0 Å². The SMILES string of the molecule is N#Cc1cccc(NNC(=O)Nc2cccc3ccccc23)c1. The van der Waals surface area contributed by atoms with E-state index < -0.39 is 0 Å². The van der Waals surface area contributed by atoms with Gasteiger partial charge in [-0.3, -0.25) is 10.9 Å². The fraction of sp³-hybridized carbons (Fsp3) is 0. The Morgan fingerprint density at radius 1 is 0.957 bits per heavy atom. The number of hydrazine groups is 1. The van der Waals surface area contributed by atoms with E-state index in [1.807, 2.05) is 48.5 Å². The number of urea groups is 1. The van der Waals surface area contributed by atoms with Crippen molar-refractivity contribution in [3.05, 3.63) is 72.3 Å². The van der Waals surface area contributed by atoms with Gasteiger partial charge in [-0.05, 0) is 29.7 Å². The summed E-state index contributed by atoms with van der Waals surface area (Å²) in [5.74, 6) is 0. The lowest BCUT2D eigenvalue weighted by atomic mass is 10.1. The first-order valence-corrected chi connectivity index (χ1v) is 7.07. The molecule has 3 aromatic carbocycles. The van der Waals surface area contributed by atoms with Gasteiger partial charge in [0.2, 0.25) is 0 Å². The van der Waals surface area contributed by atoms with Crippen LogP contribution in [0.3, 0.4) is 0 Å². The fourth-order valence-electron chi connectivity index (χ4n) is 2.28. The molecule has 0 saturated carbocycles. The van der Waals surface area contributed by atoms with Crippen LogP contribution in [0.2, 0.25) is 0 Å². The van der Waals surface area contributed by atoms with Crippen LogP contribution >= 0.6 is 0 Å². The van der Waals surface area contributed by atoms with Crippen LogP contribution in [0, 0.1) is 11.3 Å². The molecule has 2 amide bonds. The quantitative estimate of drug-likeness (QED) is 0.643. The Hall–Kier alpha value is -3.52. The highest BCUT2D eigenvalue weighted by atomic mass is 16.2. The van der Waals surface area contributed by atoms with E-state index >= 15 is 0 Å². The topological polar surface area (TPSA) is 77.0 Å². The van der Waals surface area contributed by atoms with Gasteiger partial charge in [-0.25, -0.2) is 4.79 Å². The normalized spacial score (nSPS) is 9.87. The number of benzene rings is 3. The van der Waals surface area contributed by atoms with E-state index in [2.05, 4.69) is 16.2 Å². The minimum absolute atomic E-state index is 0.385. The summed E-state index contributed by atoms with van der Waals surface area (Å²) in [5, 5.41) is 13.7. The van der Waals surface area contributed by atoms with Crippen molar-refractivity contribution in [3.8, 4) is 6.07 Å². The molecule has 112 valence electrons. The van der Waals surface area contributed by atoms with Gasteiger partial charge in [-0.15, -0.1) is 0 Å². The maximum absolute atomic E-state index is 12.0. The molecule has 0 aliphatic heterocycles. The molecule has 0 aliphatic carbocycles. The number of nitrogens with zero attached hydrogens (tertiary/aromatic N) is 1. The number of carbonyl (C=O) groups is 1. The lowest BCUT2D eigenvalue weighted by Crippen LogP contribution is -2.33. The Labute approximate surface area is 133 Å². The van der Waals surface area contributed by atoms with Gasteiger partial charge in [-0.1, -0.05) is 42.5 Å². The van der Waals surface area contributed by atoms with Gasteiger partial charge < -0.3 is 5.32 Å². The zero-order valence-corrected chi connectivity index (χ0v) is 12.2. The van der Waals surface area contributed by atoms with Gasteiger partial charge in [0.25, 0.3) is 0 Å². The van der Waals surface area contributed by atoms with Crippen LogP contribution < -0.4 is 16.2 Å². The number of carbonyl (C=O) groups excluding carboxylic acids is 1. The molecule has 3 aromatic rings. The molecule has 0 spiro atoms. The van der Waals surface area contributed by atoms with Crippen LogP contribution in [0.15, 0.2) is 66.7 Å². The molecule has 0 fully saturated rings. The van der Waals surface area contributed by atoms with Crippen LogP contribution in [0.5, 0.6) is 0 Å². The number of hydrogen-bond acceptors (Lipinski definition) is 3. The minimum atomic E-state index is -0.385. The van der Waals surface area contributed by atoms with Crippen molar-refractivity contribution < 1.29 is 4.79 Å². The van der Waals surface area contributed by atoms with Gasteiger partial charge in [-0.2, -0.15) is 5.26 Å². The molecule has 0 heterocycles. The van der Waals surface area contributed by atoms with Crippen molar-refractivity contribution in [2.45, 2.75) is 0 Å². The molecule has 0 unspecified atom stereocenters. The summed E-state index contributed by atoms with van der Waals surface area (Å²) in [5.41, 5.74) is 7.21. The zero-order valence-electron chi connectivity index (χ0n) is 12.2. The number of rotatable bonds is 3. The van der Waals surface area contributed by atoms with E-state index in [1.165, 1.54) is 0 Å². The molecule has 5 nitrogen and oxygen atoms in total. The third-order valence-corrected chi connectivity index (χ3v) is 3.35. The van der Waals surface area contributed by atoms with Crippen LogP contribution in [0.1, 0.15) is 5.56 Å². The Morgan fingerprint density at radius 2 is 1.74 bits per heavy atom. The average molecular weight is 302 g/mol. The number of nitrogens with one attached hydrogen (secondary N) is 3. The van der Waals surface area contributed by atoms with Gasteiger partial charge in [0.1, 0.15) is 0 Å². The molecule has 0 aliphatic rings. The van der Waals surface area contributed by atoms with E-state index in [1.54, 1.807) is 24.3 Å². The second-order valence-electron chi connectivity index (χ2n) is 4.92. The summed E-state index contributed by atoms with van der Waals surface area (Å²) in [6.45, 7) is 0. The smallest absolute Gasteiger partial charge is 0.306 e. The summed E-state index contributed by atoms with van der Waals surface area (Å²) in [6, 6.07) is 22.1. The summed E-state index contributed by atoms with van der Waals surface area (Å²) in [7, 11) is 0. The van der Waals surface area contributed by atoms with Crippen LogP contribution in [-0.2, 0) is 0 Å². The first kappa shape index (κ1) is 14.4. The zero-order chi connectivity index (χ0) is 16.1. The highest BCUT2D eigenvalue weighted by molar-refractivity contribution is 6.01. The molecule has 0 atom stereocenters. The maximum Gasteiger partial charge on any atom is 0.337 e. The Kier molecular flexibility index (Phi) is 4.07. The molecule has 0 aromatic heterocycles. The minimum Gasteiger partial charge on any atom is -0.306 e. The third-order valence-electron chi connectivity index (χ3n) is 3.35. The van der Waals surface area contributed by atoms with Crippen molar-refractivity contribution in [3.63, 3.8) is 0 Å². The maximum atomic E-state index is 12.0. The molecule has 3 N–H and O–H groups in total. The highest BCUT2D eigenvalue weighted by Gasteiger charge is 2.05. The van der Waals surface area contributed by atoms with Gasteiger partial charge >= 0.3 is 6.03 Å². The molecular formula is C18H14N4O. The van der Waals surface area contributed by atoms with Crippen LogP contribution in [0.4, 0.5) is 16.2 Å². The first-order valence-electron chi connectivity index (χ1n) is 7.07. The number of nitriles is 1. The monoisotopic (exact) mass is 302 g/mol. The van der Waals surface area contributed by atoms with Crippen molar-refractivity contribution in [2.24, 2.45) is 0 Å². The average Bonchev–Trinajstić information content (AvgIpc) is 2.60. The predicted octanol–water partition coefficient (Wildman–Crippen LogP) is 3.86. The second-order valence-corrected chi connectivity index (χ2v) is 4.92. The van der Waals surface area contributed by atoms with Crippen LogP contribution in [0.25, 0.3) is 10.8 Å². The molecule has 23 heavy (non-hydrogen) atoms. The van der Waals surface area contributed by atoms with E-state index in [9.17, 15) is 4.79 Å². The lowest BCUT2D eigenvalue weighted by Gasteiger charge is -2.11. The van der Waals surface area contributed by atoms with Crippen LogP contribution in [-0.4, -0.2) is 6.03 Å². The van der Waals surface area contributed by atoms with Crippen molar-refractivity contribution in [2.75, 3.05) is 10.7 Å².